The Morgan fingerprint density at radius 1 is 1.36 bits per heavy atom. The minimum absolute atomic E-state index is 0.0262. The lowest BCUT2D eigenvalue weighted by atomic mass is 9.99. The molecule has 0 spiro atoms. The second-order valence-electron chi connectivity index (χ2n) is 3.13. The van der Waals surface area contributed by atoms with Crippen molar-refractivity contribution >= 4 is 11.6 Å². The summed E-state index contributed by atoms with van der Waals surface area (Å²) in [5.41, 5.74) is 5.68. The van der Waals surface area contributed by atoms with Gasteiger partial charge in [-0.05, 0) is 12.5 Å². The molecule has 14 heavy (non-hydrogen) atoms. The second kappa shape index (κ2) is 3.94. The van der Waals surface area contributed by atoms with Gasteiger partial charge in [0, 0.05) is 11.6 Å². The first-order valence-corrected chi connectivity index (χ1v) is 4.50. The maximum Gasteiger partial charge on any atom is 0.162 e. The number of rotatable bonds is 2. The van der Waals surface area contributed by atoms with Gasteiger partial charge in [-0.2, -0.15) is 0 Å². The topological polar surface area (TPSA) is 86.7 Å². The second-order valence-corrected chi connectivity index (χ2v) is 3.51. The number of halogens is 1. The van der Waals surface area contributed by atoms with Crippen LogP contribution in [0.4, 0.5) is 0 Å². The molecule has 0 bridgehead atoms. The number of hydrogen-bond acceptors (Lipinski definition) is 4. The summed E-state index contributed by atoms with van der Waals surface area (Å²) in [5.74, 6) is -1.23. The van der Waals surface area contributed by atoms with E-state index in [-0.39, 0.29) is 34.5 Å². The minimum atomic E-state index is -0.401. The van der Waals surface area contributed by atoms with Crippen molar-refractivity contribution in [2.24, 2.45) is 5.73 Å². The molecule has 0 heterocycles. The summed E-state index contributed by atoms with van der Waals surface area (Å²) in [6.07, 6.45) is 0. The number of benzene rings is 1. The molecular weight excluding hydrogens is 206 g/mol. The molecule has 5 heteroatoms. The Balaban J connectivity index is 3.39. The number of phenolic OH excluding ortho intramolecular Hbond substituents is 3. The monoisotopic (exact) mass is 217 g/mol. The van der Waals surface area contributed by atoms with E-state index in [4.69, 9.17) is 17.3 Å². The molecule has 0 aliphatic heterocycles. The third-order valence-corrected chi connectivity index (χ3v) is 2.48. The average molecular weight is 218 g/mol. The zero-order chi connectivity index (χ0) is 10.9. The van der Waals surface area contributed by atoms with E-state index < -0.39 is 5.75 Å². The molecule has 1 aromatic carbocycles. The lowest BCUT2D eigenvalue weighted by Gasteiger charge is -2.14. The van der Waals surface area contributed by atoms with E-state index in [1.807, 2.05) is 0 Å². The molecule has 0 fully saturated rings. The minimum Gasteiger partial charge on any atom is -0.506 e. The average Bonchev–Trinajstić information content (AvgIpc) is 2.15. The predicted molar refractivity (Wildman–Crippen MR) is 53.9 cm³/mol. The maximum atomic E-state index is 9.50. The van der Waals surface area contributed by atoms with Crippen LogP contribution in [0.15, 0.2) is 6.07 Å². The van der Waals surface area contributed by atoms with Crippen molar-refractivity contribution in [2.45, 2.75) is 12.8 Å². The quantitative estimate of drug-likeness (QED) is 0.447. The van der Waals surface area contributed by atoms with E-state index in [2.05, 4.69) is 0 Å². The summed E-state index contributed by atoms with van der Waals surface area (Å²) in [6.45, 7) is 2.00. The molecule has 0 aliphatic rings. The molecule has 4 nitrogen and oxygen atoms in total. The Morgan fingerprint density at radius 3 is 2.43 bits per heavy atom. The van der Waals surface area contributed by atoms with Gasteiger partial charge in [0.1, 0.15) is 5.75 Å². The highest BCUT2D eigenvalue weighted by Crippen LogP contribution is 2.43. The molecule has 78 valence electrons. The van der Waals surface area contributed by atoms with E-state index in [0.717, 1.165) is 6.07 Å². The molecule has 0 aliphatic carbocycles. The molecule has 0 radical (unpaired) electrons. The Bertz CT molecular complexity index is 328. The van der Waals surface area contributed by atoms with Crippen LogP contribution in [0, 0.1) is 0 Å². The Hall–Kier alpha value is -1.13. The van der Waals surface area contributed by atoms with Crippen molar-refractivity contribution in [1.82, 2.24) is 0 Å². The van der Waals surface area contributed by atoms with Gasteiger partial charge in [0.15, 0.2) is 11.5 Å². The first-order valence-electron chi connectivity index (χ1n) is 4.12. The third kappa shape index (κ3) is 1.71. The van der Waals surface area contributed by atoms with Crippen molar-refractivity contribution in [3.63, 3.8) is 0 Å². The van der Waals surface area contributed by atoms with Gasteiger partial charge in [-0.1, -0.05) is 18.5 Å². The summed E-state index contributed by atoms with van der Waals surface area (Å²) >= 11 is 5.77. The van der Waals surface area contributed by atoms with Crippen LogP contribution in [0.2, 0.25) is 5.02 Å². The molecule has 1 rings (SSSR count). The molecule has 1 unspecified atom stereocenters. The van der Waals surface area contributed by atoms with Crippen LogP contribution in [-0.2, 0) is 0 Å². The fraction of sp³-hybridized carbons (Fsp3) is 0.333. The molecular formula is C9H12ClNO3. The first kappa shape index (κ1) is 10.9. The van der Waals surface area contributed by atoms with E-state index in [1.54, 1.807) is 6.92 Å². The van der Waals surface area contributed by atoms with E-state index >= 15 is 0 Å². The third-order valence-electron chi connectivity index (χ3n) is 2.08. The fourth-order valence-corrected chi connectivity index (χ4v) is 1.54. The summed E-state index contributed by atoms with van der Waals surface area (Å²) in [4.78, 5) is 0. The van der Waals surface area contributed by atoms with Gasteiger partial charge in [-0.15, -0.1) is 0 Å². The molecule has 5 N–H and O–H groups in total. The van der Waals surface area contributed by atoms with Crippen molar-refractivity contribution < 1.29 is 15.3 Å². The molecule has 0 saturated carbocycles. The van der Waals surface area contributed by atoms with Gasteiger partial charge in [0.05, 0.1) is 5.02 Å². The van der Waals surface area contributed by atoms with E-state index in [9.17, 15) is 15.3 Å². The Kier molecular flexibility index (Phi) is 3.08. The van der Waals surface area contributed by atoms with Crippen molar-refractivity contribution in [3.05, 3.63) is 16.7 Å². The largest absolute Gasteiger partial charge is 0.506 e. The highest BCUT2D eigenvalue weighted by atomic mass is 35.5. The SMILES string of the molecule is CC(CN)c1c(O)c(O)cc(O)c1Cl. The molecule has 0 saturated heterocycles. The summed E-state index contributed by atoms with van der Waals surface area (Å²) < 4.78 is 0. The van der Waals surface area contributed by atoms with Crippen LogP contribution in [0.5, 0.6) is 17.2 Å². The van der Waals surface area contributed by atoms with Crippen LogP contribution < -0.4 is 5.73 Å². The van der Waals surface area contributed by atoms with Gasteiger partial charge in [-0.3, -0.25) is 0 Å². The van der Waals surface area contributed by atoms with Crippen molar-refractivity contribution in [1.29, 1.82) is 0 Å². The van der Waals surface area contributed by atoms with Gasteiger partial charge in [-0.25, -0.2) is 0 Å². The van der Waals surface area contributed by atoms with Crippen LogP contribution in [0.3, 0.4) is 0 Å². The van der Waals surface area contributed by atoms with Gasteiger partial charge in [0.25, 0.3) is 0 Å². The zero-order valence-electron chi connectivity index (χ0n) is 7.66. The number of aromatic hydroxyl groups is 3. The van der Waals surface area contributed by atoms with Crippen LogP contribution >= 0.6 is 11.6 Å². The highest BCUT2D eigenvalue weighted by molar-refractivity contribution is 6.33. The van der Waals surface area contributed by atoms with Crippen molar-refractivity contribution in [3.8, 4) is 17.2 Å². The number of nitrogens with two attached hydrogens (primary N) is 1. The maximum absolute atomic E-state index is 9.50. The molecule has 0 amide bonds. The Labute approximate surface area is 86.6 Å². The summed E-state index contributed by atoms with van der Waals surface area (Å²) in [7, 11) is 0. The van der Waals surface area contributed by atoms with Gasteiger partial charge in [0.2, 0.25) is 0 Å². The number of phenols is 3. The highest BCUT2D eigenvalue weighted by Gasteiger charge is 2.19. The van der Waals surface area contributed by atoms with Crippen LogP contribution in [0.1, 0.15) is 18.4 Å². The lowest BCUT2D eigenvalue weighted by molar-refractivity contribution is 0.389. The smallest absolute Gasteiger partial charge is 0.162 e. The predicted octanol–water partition coefficient (Wildman–Crippen LogP) is 1.52. The number of hydrogen-bond donors (Lipinski definition) is 4. The van der Waals surface area contributed by atoms with Gasteiger partial charge >= 0.3 is 0 Å². The van der Waals surface area contributed by atoms with Crippen LogP contribution in [0.25, 0.3) is 0 Å². The normalized spacial score (nSPS) is 12.8. The summed E-state index contributed by atoms with van der Waals surface area (Å²) in [6, 6.07) is 0.990. The van der Waals surface area contributed by atoms with Crippen molar-refractivity contribution in [2.75, 3.05) is 6.54 Å². The lowest BCUT2D eigenvalue weighted by Crippen LogP contribution is -2.09. The van der Waals surface area contributed by atoms with E-state index in [0.29, 0.717) is 0 Å². The molecule has 1 aromatic rings. The standard InChI is InChI=1S/C9H12ClNO3/c1-4(3-11)7-8(10)5(12)2-6(13)9(7)14/h2,4,12-14H,3,11H2,1H3. The molecule has 1 atom stereocenters. The van der Waals surface area contributed by atoms with E-state index in [1.165, 1.54) is 0 Å². The Morgan fingerprint density at radius 2 is 1.93 bits per heavy atom. The zero-order valence-corrected chi connectivity index (χ0v) is 8.41. The first-order chi connectivity index (χ1) is 6.49. The van der Waals surface area contributed by atoms with Gasteiger partial charge < -0.3 is 21.1 Å². The summed E-state index contributed by atoms with van der Waals surface area (Å²) in [5, 5.41) is 28.1. The van der Waals surface area contributed by atoms with Crippen LogP contribution in [-0.4, -0.2) is 21.9 Å². The molecule has 0 aromatic heterocycles. The fourth-order valence-electron chi connectivity index (χ4n) is 1.21.